The van der Waals surface area contributed by atoms with Crippen molar-refractivity contribution in [2.75, 3.05) is 12.8 Å². The molecule has 3 heteroatoms. The Morgan fingerprint density at radius 1 is 1.57 bits per heavy atom. The van der Waals surface area contributed by atoms with Gasteiger partial charge in [-0.25, -0.2) is 0 Å². The van der Waals surface area contributed by atoms with Gasteiger partial charge in [0.1, 0.15) is 5.76 Å². The average Bonchev–Trinajstić information content (AvgIpc) is 2.67. The number of nitrogens with one attached hydrogen (secondary N) is 1. The van der Waals surface area contributed by atoms with E-state index in [4.69, 9.17) is 4.42 Å². The highest BCUT2D eigenvalue weighted by Gasteiger charge is 2.17. The molecule has 1 aromatic rings. The third-order valence-corrected chi connectivity index (χ3v) is 3.61. The van der Waals surface area contributed by atoms with Crippen LogP contribution in [0.3, 0.4) is 0 Å². The number of hydrogen-bond donors (Lipinski definition) is 1. The molecule has 1 N–H and O–H groups in total. The summed E-state index contributed by atoms with van der Waals surface area (Å²) in [7, 11) is 0. The fourth-order valence-electron chi connectivity index (χ4n) is 1.11. The van der Waals surface area contributed by atoms with Crippen molar-refractivity contribution in [1.82, 2.24) is 5.32 Å². The molecule has 0 bridgehead atoms. The van der Waals surface area contributed by atoms with Gasteiger partial charge in [-0.2, -0.15) is 11.8 Å². The Morgan fingerprint density at radius 2 is 2.29 bits per heavy atom. The van der Waals surface area contributed by atoms with E-state index in [2.05, 4.69) is 32.3 Å². The van der Waals surface area contributed by atoms with Crippen LogP contribution in [0.15, 0.2) is 22.8 Å². The summed E-state index contributed by atoms with van der Waals surface area (Å²) >= 11 is 1.87. The van der Waals surface area contributed by atoms with E-state index in [1.807, 2.05) is 23.9 Å². The Hall–Kier alpha value is -0.410. The van der Waals surface area contributed by atoms with E-state index in [0.29, 0.717) is 0 Å². The van der Waals surface area contributed by atoms with Crippen molar-refractivity contribution >= 4 is 11.8 Å². The zero-order valence-corrected chi connectivity index (χ0v) is 10.1. The summed E-state index contributed by atoms with van der Waals surface area (Å²) in [4.78, 5) is 0. The molecule has 1 unspecified atom stereocenters. The van der Waals surface area contributed by atoms with Crippen LogP contribution in [-0.2, 0) is 0 Å². The molecule has 1 heterocycles. The summed E-state index contributed by atoms with van der Waals surface area (Å²) in [5, 5.41) is 3.46. The Bertz CT molecular complexity index is 256. The number of thioether (sulfide) groups is 1. The van der Waals surface area contributed by atoms with E-state index in [9.17, 15) is 0 Å². The molecule has 0 fully saturated rings. The second kappa shape index (κ2) is 4.89. The number of hydrogen-bond acceptors (Lipinski definition) is 3. The van der Waals surface area contributed by atoms with Crippen molar-refractivity contribution in [3.8, 4) is 0 Å². The molecule has 0 aliphatic rings. The first-order chi connectivity index (χ1) is 6.55. The molecule has 80 valence electrons. The third kappa shape index (κ3) is 3.39. The van der Waals surface area contributed by atoms with E-state index in [1.165, 1.54) is 0 Å². The molecule has 2 nitrogen and oxygen atoms in total. The Labute approximate surface area is 90.5 Å². The van der Waals surface area contributed by atoms with Crippen molar-refractivity contribution in [2.24, 2.45) is 0 Å². The Morgan fingerprint density at radius 3 is 2.79 bits per heavy atom. The van der Waals surface area contributed by atoms with E-state index in [0.717, 1.165) is 12.3 Å². The van der Waals surface area contributed by atoms with E-state index in [-0.39, 0.29) is 10.8 Å². The predicted molar refractivity (Wildman–Crippen MR) is 62.7 cm³/mol. The molecule has 1 atom stereocenters. The maximum atomic E-state index is 5.32. The molecule has 0 aliphatic carbocycles. The van der Waals surface area contributed by atoms with Gasteiger partial charge < -0.3 is 9.73 Å². The van der Waals surface area contributed by atoms with Gasteiger partial charge in [-0.15, -0.1) is 0 Å². The summed E-state index contributed by atoms with van der Waals surface area (Å²) < 4.78 is 5.60. The van der Waals surface area contributed by atoms with Gasteiger partial charge >= 0.3 is 0 Å². The second-order valence-electron chi connectivity index (χ2n) is 4.08. The van der Waals surface area contributed by atoms with Gasteiger partial charge in [0.05, 0.1) is 12.3 Å². The van der Waals surface area contributed by atoms with Crippen LogP contribution in [0.1, 0.15) is 32.6 Å². The minimum Gasteiger partial charge on any atom is -0.468 e. The molecule has 0 saturated heterocycles. The molecule has 1 aromatic heterocycles. The van der Waals surface area contributed by atoms with E-state index >= 15 is 0 Å². The lowest BCUT2D eigenvalue weighted by atomic mass is 10.2. The smallest absolute Gasteiger partial charge is 0.120 e. The van der Waals surface area contributed by atoms with Crippen molar-refractivity contribution in [3.05, 3.63) is 24.2 Å². The molecule has 0 amide bonds. The van der Waals surface area contributed by atoms with Crippen LogP contribution in [0, 0.1) is 0 Å². The second-order valence-corrected chi connectivity index (χ2v) is 5.60. The van der Waals surface area contributed by atoms with Gasteiger partial charge in [0.15, 0.2) is 0 Å². The summed E-state index contributed by atoms with van der Waals surface area (Å²) in [6, 6.07) is 4.22. The molecule has 0 radical (unpaired) electrons. The fourth-order valence-corrected chi connectivity index (χ4v) is 1.34. The van der Waals surface area contributed by atoms with Gasteiger partial charge in [-0.05, 0) is 39.2 Å². The van der Waals surface area contributed by atoms with Crippen LogP contribution in [0.4, 0.5) is 0 Å². The molecule has 14 heavy (non-hydrogen) atoms. The summed E-state index contributed by atoms with van der Waals surface area (Å²) in [6.45, 7) is 7.57. The van der Waals surface area contributed by atoms with Gasteiger partial charge in [0.25, 0.3) is 0 Å². The highest BCUT2D eigenvalue weighted by atomic mass is 32.2. The zero-order valence-electron chi connectivity index (χ0n) is 9.33. The van der Waals surface area contributed by atoms with Gasteiger partial charge in [-0.3, -0.25) is 0 Å². The highest BCUT2D eigenvalue weighted by molar-refractivity contribution is 7.99. The molecule has 0 aliphatic heterocycles. The van der Waals surface area contributed by atoms with Crippen LogP contribution in [-0.4, -0.2) is 17.5 Å². The molecule has 0 spiro atoms. The van der Waals surface area contributed by atoms with E-state index < -0.39 is 0 Å². The molecule has 0 aromatic carbocycles. The maximum absolute atomic E-state index is 5.32. The van der Waals surface area contributed by atoms with Crippen molar-refractivity contribution < 1.29 is 4.42 Å². The van der Waals surface area contributed by atoms with Crippen molar-refractivity contribution in [1.29, 1.82) is 0 Å². The van der Waals surface area contributed by atoms with Crippen molar-refractivity contribution in [3.63, 3.8) is 0 Å². The molecular weight excluding hydrogens is 194 g/mol. The minimum absolute atomic E-state index is 0.279. The third-order valence-electron chi connectivity index (χ3n) is 2.36. The lowest BCUT2D eigenvalue weighted by Crippen LogP contribution is -2.33. The fraction of sp³-hybridized carbons (Fsp3) is 0.636. The van der Waals surface area contributed by atoms with Gasteiger partial charge in [0.2, 0.25) is 0 Å². The summed E-state index contributed by atoms with van der Waals surface area (Å²) in [5.41, 5.74) is 0. The van der Waals surface area contributed by atoms with Crippen LogP contribution >= 0.6 is 11.8 Å². The summed E-state index contributed by atoms with van der Waals surface area (Å²) in [5.74, 6) is 1.00. The quantitative estimate of drug-likeness (QED) is 0.813. The number of rotatable bonds is 5. The lowest BCUT2D eigenvalue weighted by molar-refractivity contribution is 0.420. The number of furan rings is 1. The Kier molecular flexibility index (Phi) is 4.08. The normalized spacial score (nSPS) is 14.3. The average molecular weight is 213 g/mol. The monoisotopic (exact) mass is 213 g/mol. The predicted octanol–water partition coefficient (Wildman–Crippen LogP) is 3.07. The van der Waals surface area contributed by atoms with Gasteiger partial charge in [-0.1, -0.05) is 0 Å². The standard InChI is InChI=1S/C11H19NOS/c1-9(10-6-5-7-13-10)12-8-11(2,3)14-4/h5-7,9,12H,8H2,1-4H3. The summed E-state index contributed by atoms with van der Waals surface area (Å²) in [6.07, 6.45) is 3.85. The SMILES string of the molecule is CSC(C)(C)CNC(C)c1ccco1. The largest absolute Gasteiger partial charge is 0.468 e. The molecular formula is C11H19NOS. The first-order valence-corrected chi connectivity index (χ1v) is 6.09. The van der Waals surface area contributed by atoms with Crippen LogP contribution in [0.2, 0.25) is 0 Å². The minimum atomic E-state index is 0.279. The Balaban J connectivity index is 2.39. The van der Waals surface area contributed by atoms with Gasteiger partial charge in [0, 0.05) is 11.3 Å². The highest BCUT2D eigenvalue weighted by Crippen LogP contribution is 2.21. The van der Waals surface area contributed by atoms with Crippen molar-refractivity contribution in [2.45, 2.75) is 31.6 Å². The van der Waals surface area contributed by atoms with E-state index in [1.54, 1.807) is 6.26 Å². The van der Waals surface area contributed by atoms with Crippen LogP contribution < -0.4 is 5.32 Å². The molecule has 1 rings (SSSR count). The first kappa shape index (κ1) is 11.7. The van der Waals surface area contributed by atoms with Crippen LogP contribution in [0.5, 0.6) is 0 Å². The van der Waals surface area contributed by atoms with Crippen LogP contribution in [0.25, 0.3) is 0 Å². The maximum Gasteiger partial charge on any atom is 0.120 e. The topological polar surface area (TPSA) is 25.2 Å². The lowest BCUT2D eigenvalue weighted by Gasteiger charge is -2.24. The first-order valence-electron chi connectivity index (χ1n) is 4.87. The molecule has 0 saturated carbocycles. The zero-order chi connectivity index (χ0) is 10.6.